The number of carboxylic acids is 1. The molecular weight excluding hydrogens is 246 g/mol. The molecule has 0 spiro atoms. The van der Waals surface area contributed by atoms with Crippen LogP contribution in [0.25, 0.3) is 0 Å². The van der Waals surface area contributed by atoms with E-state index in [1.54, 1.807) is 0 Å². The highest BCUT2D eigenvalue weighted by molar-refractivity contribution is 7.12. The number of hydrogen-bond donors (Lipinski definition) is 2. The van der Waals surface area contributed by atoms with Gasteiger partial charge in [-0.15, -0.1) is 11.3 Å². The van der Waals surface area contributed by atoms with Crippen LogP contribution in [-0.2, 0) is 4.79 Å². The van der Waals surface area contributed by atoms with Gasteiger partial charge in [0, 0.05) is 15.4 Å². The Labute approximate surface area is 110 Å². The summed E-state index contributed by atoms with van der Waals surface area (Å²) in [5.41, 5.74) is 1.93. The van der Waals surface area contributed by atoms with Crippen molar-refractivity contribution >= 4 is 23.0 Å². The highest BCUT2D eigenvalue weighted by Gasteiger charge is 2.21. The summed E-state index contributed by atoms with van der Waals surface area (Å²) >= 11 is 1.50. The smallest absolute Gasteiger partial charge is 0.331 e. The van der Waals surface area contributed by atoms with Crippen LogP contribution >= 0.6 is 11.3 Å². The summed E-state index contributed by atoms with van der Waals surface area (Å²) in [5.74, 6) is -0.863. The van der Waals surface area contributed by atoms with Crippen LogP contribution < -0.4 is 5.32 Å². The Kier molecular flexibility index (Phi) is 3.67. The van der Waals surface area contributed by atoms with E-state index in [1.165, 1.54) is 11.3 Å². The second kappa shape index (κ2) is 5.23. The van der Waals surface area contributed by atoms with Gasteiger partial charge in [-0.2, -0.15) is 0 Å². The topological polar surface area (TPSA) is 49.3 Å². The number of hydrogen-bond acceptors (Lipinski definition) is 3. The third kappa shape index (κ3) is 2.90. The summed E-state index contributed by atoms with van der Waals surface area (Å²) < 4.78 is 0. The van der Waals surface area contributed by atoms with Gasteiger partial charge in [0.2, 0.25) is 0 Å². The Balaban J connectivity index is 2.24. The number of anilines is 1. The largest absolute Gasteiger partial charge is 0.479 e. The van der Waals surface area contributed by atoms with Crippen LogP contribution in [0.4, 0.5) is 5.69 Å². The molecular formula is C14H15NO2S. The van der Waals surface area contributed by atoms with Gasteiger partial charge in [0.25, 0.3) is 0 Å². The predicted molar refractivity (Wildman–Crippen MR) is 74.2 cm³/mol. The lowest BCUT2D eigenvalue weighted by atomic mass is 10.2. The first-order valence-electron chi connectivity index (χ1n) is 5.68. The van der Waals surface area contributed by atoms with Gasteiger partial charge in [-0.1, -0.05) is 12.1 Å². The molecule has 1 heterocycles. The standard InChI is InChI=1S/C14H15NO2S/c1-9-4-3-5-11(8-9)15-13(14(16)17)12-7-6-10(2)18-12/h3-8,13,15H,1-2H3,(H,16,17). The highest BCUT2D eigenvalue weighted by Crippen LogP contribution is 2.26. The zero-order valence-corrected chi connectivity index (χ0v) is 11.1. The van der Waals surface area contributed by atoms with Crippen LogP contribution in [0.2, 0.25) is 0 Å². The van der Waals surface area contributed by atoms with Gasteiger partial charge in [-0.3, -0.25) is 0 Å². The zero-order valence-electron chi connectivity index (χ0n) is 10.3. The Bertz CT molecular complexity index is 562. The third-order valence-corrected chi connectivity index (χ3v) is 3.69. The molecule has 4 heteroatoms. The maximum Gasteiger partial charge on any atom is 0.331 e. The second-order valence-electron chi connectivity index (χ2n) is 4.23. The predicted octanol–water partition coefficient (Wildman–Crippen LogP) is 3.60. The molecule has 0 bridgehead atoms. The number of thiophene rings is 1. The fourth-order valence-corrected chi connectivity index (χ4v) is 2.69. The quantitative estimate of drug-likeness (QED) is 0.884. The Morgan fingerprint density at radius 3 is 2.61 bits per heavy atom. The van der Waals surface area contributed by atoms with Gasteiger partial charge in [-0.05, 0) is 43.7 Å². The van der Waals surface area contributed by atoms with Crippen LogP contribution in [0.5, 0.6) is 0 Å². The van der Waals surface area contributed by atoms with E-state index in [0.29, 0.717) is 0 Å². The molecule has 0 aliphatic rings. The van der Waals surface area contributed by atoms with Crippen LogP contribution in [0.15, 0.2) is 36.4 Å². The van der Waals surface area contributed by atoms with Gasteiger partial charge in [-0.25, -0.2) is 4.79 Å². The Morgan fingerprint density at radius 2 is 2.06 bits per heavy atom. The molecule has 0 saturated heterocycles. The van der Waals surface area contributed by atoms with E-state index in [0.717, 1.165) is 21.0 Å². The molecule has 0 saturated carbocycles. The summed E-state index contributed by atoms with van der Waals surface area (Å²) in [6.07, 6.45) is 0. The van der Waals surface area contributed by atoms with Crippen molar-refractivity contribution in [3.63, 3.8) is 0 Å². The van der Waals surface area contributed by atoms with E-state index in [9.17, 15) is 9.90 Å². The fourth-order valence-electron chi connectivity index (χ4n) is 1.76. The van der Waals surface area contributed by atoms with Crippen molar-refractivity contribution in [1.82, 2.24) is 0 Å². The minimum Gasteiger partial charge on any atom is -0.479 e. The zero-order chi connectivity index (χ0) is 13.1. The number of carbonyl (C=O) groups is 1. The van der Waals surface area contributed by atoms with Crippen LogP contribution in [0, 0.1) is 13.8 Å². The second-order valence-corrected chi connectivity index (χ2v) is 5.55. The van der Waals surface area contributed by atoms with Crippen LogP contribution in [0.3, 0.4) is 0 Å². The maximum atomic E-state index is 11.3. The number of carboxylic acid groups (broad SMARTS) is 1. The van der Waals surface area contributed by atoms with Gasteiger partial charge < -0.3 is 10.4 Å². The highest BCUT2D eigenvalue weighted by atomic mass is 32.1. The molecule has 1 unspecified atom stereocenters. The first-order valence-corrected chi connectivity index (χ1v) is 6.50. The van der Waals surface area contributed by atoms with Crippen molar-refractivity contribution in [2.45, 2.75) is 19.9 Å². The van der Waals surface area contributed by atoms with E-state index in [2.05, 4.69) is 5.32 Å². The number of aliphatic carboxylic acids is 1. The van der Waals surface area contributed by atoms with Crippen LogP contribution in [0.1, 0.15) is 21.4 Å². The van der Waals surface area contributed by atoms with Crippen molar-refractivity contribution in [2.75, 3.05) is 5.32 Å². The lowest BCUT2D eigenvalue weighted by Crippen LogP contribution is -2.19. The number of benzene rings is 1. The normalized spacial score (nSPS) is 12.1. The molecule has 0 amide bonds. The van der Waals surface area contributed by atoms with Crippen molar-refractivity contribution < 1.29 is 9.90 Å². The van der Waals surface area contributed by atoms with Crippen LogP contribution in [-0.4, -0.2) is 11.1 Å². The van der Waals surface area contributed by atoms with Crippen molar-refractivity contribution in [2.24, 2.45) is 0 Å². The molecule has 2 N–H and O–H groups in total. The molecule has 3 nitrogen and oxygen atoms in total. The molecule has 18 heavy (non-hydrogen) atoms. The van der Waals surface area contributed by atoms with E-state index in [1.807, 2.05) is 50.2 Å². The number of rotatable bonds is 4. The minimum absolute atomic E-state index is 0.689. The van der Waals surface area contributed by atoms with Gasteiger partial charge >= 0.3 is 5.97 Å². The minimum atomic E-state index is -0.863. The molecule has 2 rings (SSSR count). The number of aryl methyl sites for hydroxylation is 2. The molecule has 0 fully saturated rings. The fraction of sp³-hybridized carbons (Fsp3) is 0.214. The average Bonchev–Trinajstić information content (AvgIpc) is 2.72. The van der Waals surface area contributed by atoms with E-state index >= 15 is 0 Å². The molecule has 1 aromatic carbocycles. The molecule has 94 valence electrons. The van der Waals surface area contributed by atoms with Gasteiger partial charge in [0.1, 0.15) is 0 Å². The Hall–Kier alpha value is -1.81. The van der Waals surface area contributed by atoms with Crippen molar-refractivity contribution in [1.29, 1.82) is 0 Å². The summed E-state index contributed by atoms with van der Waals surface area (Å²) in [7, 11) is 0. The SMILES string of the molecule is Cc1cccc(NC(C(=O)O)c2ccc(C)s2)c1. The van der Waals surface area contributed by atoms with Crippen molar-refractivity contribution in [3.05, 3.63) is 51.7 Å². The van der Waals surface area contributed by atoms with E-state index in [4.69, 9.17) is 0 Å². The number of nitrogens with one attached hydrogen (secondary N) is 1. The van der Waals surface area contributed by atoms with Gasteiger partial charge in [0.15, 0.2) is 6.04 Å². The summed E-state index contributed by atoms with van der Waals surface area (Å²) in [5, 5.41) is 12.4. The molecule has 1 atom stereocenters. The summed E-state index contributed by atoms with van der Waals surface area (Å²) in [4.78, 5) is 13.3. The Morgan fingerprint density at radius 1 is 1.28 bits per heavy atom. The first kappa shape index (κ1) is 12.6. The molecule has 1 aromatic heterocycles. The maximum absolute atomic E-state index is 11.3. The lowest BCUT2D eigenvalue weighted by Gasteiger charge is -2.14. The average molecular weight is 261 g/mol. The summed E-state index contributed by atoms with van der Waals surface area (Å²) in [6.45, 7) is 3.95. The van der Waals surface area contributed by atoms with Crippen molar-refractivity contribution in [3.8, 4) is 0 Å². The van der Waals surface area contributed by atoms with Gasteiger partial charge in [0.05, 0.1) is 0 Å². The molecule has 0 radical (unpaired) electrons. The molecule has 0 aliphatic carbocycles. The first-order chi connectivity index (χ1) is 8.56. The molecule has 2 aromatic rings. The monoisotopic (exact) mass is 261 g/mol. The lowest BCUT2D eigenvalue weighted by molar-refractivity contribution is -0.138. The van der Waals surface area contributed by atoms with E-state index < -0.39 is 12.0 Å². The van der Waals surface area contributed by atoms with E-state index in [-0.39, 0.29) is 0 Å². The third-order valence-electron chi connectivity index (χ3n) is 2.62. The molecule has 0 aliphatic heterocycles. The summed E-state index contributed by atoms with van der Waals surface area (Å²) in [6, 6.07) is 10.8.